The summed E-state index contributed by atoms with van der Waals surface area (Å²) in [6.07, 6.45) is -0.912. The van der Waals surface area contributed by atoms with E-state index in [9.17, 15) is 4.79 Å². The zero-order chi connectivity index (χ0) is 9.84. The van der Waals surface area contributed by atoms with Crippen LogP contribution in [-0.2, 0) is 0 Å². The number of hydrazine groups is 1. The molecule has 5 heteroatoms. The standard InChI is InChI=1S/C8H12N4O/c9-6-4-2-1-3-5(6)7(13)8(10)12-11/h1-4,8,12H,9-11H2. The van der Waals surface area contributed by atoms with Crippen molar-refractivity contribution >= 4 is 11.5 Å². The molecule has 13 heavy (non-hydrogen) atoms. The fourth-order valence-electron chi connectivity index (χ4n) is 0.965. The van der Waals surface area contributed by atoms with E-state index in [1.165, 1.54) is 0 Å². The quantitative estimate of drug-likeness (QED) is 0.160. The van der Waals surface area contributed by atoms with E-state index in [4.69, 9.17) is 17.3 Å². The summed E-state index contributed by atoms with van der Waals surface area (Å²) in [4.78, 5) is 11.4. The van der Waals surface area contributed by atoms with E-state index in [-0.39, 0.29) is 5.78 Å². The predicted octanol–water partition coefficient (Wildman–Crippen LogP) is -0.800. The second kappa shape index (κ2) is 3.99. The number of benzene rings is 1. The van der Waals surface area contributed by atoms with Crippen molar-refractivity contribution in [3.05, 3.63) is 29.8 Å². The van der Waals surface area contributed by atoms with Gasteiger partial charge >= 0.3 is 0 Å². The molecule has 0 spiro atoms. The Morgan fingerprint density at radius 1 is 1.38 bits per heavy atom. The number of carbonyl (C=O) groups is 1. The zero-order valence-electron chi connectivity index (χ0n) is 7.03. The number of hydrogen-bond donors (Lipinski definition) is 4. The van der Waals surface area contributed by atoms with Gasteiger partial charge in [-0.25, -0.2) is 5.43 Å². The SMILES string of the molecule is NNC(N)C(=O)c1ccccc1N. The molecule has 0 aliphatic rings. The molecule has 1 aromatic rings. The highest BCUT2D eigenvalue weighted by Gasteiger charge is 2.15. The number of nitrogens with two attached hydrogens (primary N) is 3. The van der Waals surface area contributed by atoms with Crippen molar-refractivity contribution in [2.24, 2.45) is 11.6 Å². The number of para-hydroxylation sites is 1. The number of nitrogens with one attached hydrogen (secondary N) is 1. The molecular weight excluding hydrogens is 168 g/mol. The van der Waals surface area contributed by atoms with Crippen LogP contribution < -0.4 is 22.7 Å². The van der Waals surface area contributed by atoms with Crippen LogP contribution in [0.25, 0.3) is 0 Å². The van der Waals surface area contributed by atoms with Gasteiger partial charge < -0.3 is 11.5 Å². The predicted molar refractivity (Wildman–Crippen MR) is 50.5 cm³/mol. The van der Waals surface area contributed by atoms with Gasteiger partial charge in [-0.15, -0.1) is 0 Å². The van der Waals surface area contributed by atoms with Gasteiger partial charge in [-0.1, -0.05) is 12.1 Å². The van der Waals surface area contributed by atoms with Crippen LogP contribution in [0.15, 0.2) is 24.3 Å². The minimum atomic E-state index is -0.912. The van der Waals surface area contributed by atoms with E-state index < -0.39 is 6.17 Å². The normalized spacial score (nSPS) is 12.5. The van der Waals surface area contributed by atoms with Gasteiger partial charge in [0, 0.05) is 11.3 Å². The van der Waals surface area contributed by atoms with Gasteiger partial charge in [0.05, 0.1) is 0 Å². The summed E-state index contributed by atoms with van der Waals surface area (Å²) in [6.45, 7) is 0. The zero-order valence-corrected chi connectivity index (χ0v) is 7.03. The molecule has 0 amide bonds. The second-order valence-electron chi connectivity index (χ2n) is 2.60. The molecule has 1 atom stereocenters. The Morgan fingerprint density at radius 2 is 2.00 bits per heavy atom. The largest absolute Gasteiger partial charge is 0.398 e. The Morgan fingerprint density at radius 3 is 2.54 bits per heavy atom. The highest BCUT2D eigenvalue weighted by molar-refractivity contribution is 6.03. The van der Waals surface area contributed by atoms with Gasteiger partial charge in [0.25, 0.3) is 0 Å². The summed E-state index contributed by atoms with van der Waals surface area (Å²) < 4.78 is 0. The Kier molecular flexibility index (Phi) is 2.97. The van der Waals surface area contributed by atoms with Crippen LogP contribution in [0.3, 0.4) is 0 Å². The lowest BCUT2D eigenvalue weighted by atomic mass is 10.1. The third-order valence-electron chi connectivity index (χ3n) is 1.69. The smallest absolute Gasteiger partial charge is 0.197 e. The first kappa shape index (κ1) is 9.66. The lowest BCUT2D eigenvalue weighted by Gasteiger charge is -2.09. The third kappa shape index (κ3) is 2.03. The first-order valence-corrected chi connectivity index (χ1v) is 3.77. The number of rotatable bonds is 3. The maximum absolute atomic E-state index is 11.4. The Bertz CT molecular complexity index is 313. The molecule has 0 aliphatic carbocycles. The minimum absolute atomic E-state index is 0.319. The fourth-order valence-corrected chi connectivity index (χ4v) is 0.965. The number of Topliss-reactive ketones (excluding diaryl/α,β-unsaturated/α-hetero) is 1. The van der Waals surface area contributed by atoms with E-state index in [1.54, 1.807) is 24.3 Å². The average Bonchev–Trinajstić information content (AvgIpc) is 2.16. The highest BCUT2D eigenvalue weighted by Crippen LogP contribution is 2.11. The van der Waals surface area contributed by atoms with Crippen LogP contribution in [0.5, 0.6) is 0 Å². The van der Waals surface area contributed by atoms with Crippen molar-refractivity contribution in [3.8, 4) is 0 Å². The van der Waals surface area contributed by atoms with Crippen molar-refractivity contribution in [2.45, 2.75) is 6.17 Å². The number of anilines is 1. The molecular formula is C8H12N4O. The van der Waals surface area contributed by atoms with Gasteiger partial charge in [0.2, 0.25) is 0 Å². The molecule has 1 unspecified atom stereocenters. The topological polar surface area (TPSA) is 107 Å². The van der Waals surface area contributed by atoms with E-state index >= 15 is 0 Å². The van der Waals surface area contributed by atoms with Gasteiger partial charge in [-0.3, -0.25) is 10.6 Å². The van der Waals surface area contributed by atoms with Crippen molar-refractivity contribution in [2.75, 3.05) is 5.73 Å². The minimum Gasteiger partial charge on any atom is -0.398 e. The molecule has 5 nitrogen and oxygen atoms in total. The molecule has 1 rings (SSSR count). The van der Waals surface area contributed by atoms with E-state index in [1.807, 2.05) is 0 Å². The molecule has 0 radical (unpaired) electrons. The number of nitrogen functional groups attached to an aromatic ring is 1. The Labute approximate surface area is 75.9 Å². The highest BCUT2D eigenvalue weighted by atomic mass is 16.1. The van der Waals surface area contributed by atoms with Crippen LogP contribution in [0.4, 0.5) is 5.69 Å². The first-order chi connectivity index (χ1) is 6.16. The van der Waals surface area contributed by atoms with Crippen LogP contribution in [0.1, 0.15) is 10.4 Å². The number of carbonyl (C=O) groups excluding carboxylic acids is 1. The maximum atomic E-state index is 11.4. The molecule has 0 fully saturated rings. The third-order valence-corrected chi connectivity index (χ3v) is 1.69. The van der Waals surface area contributed by atoms with Crippen LogP contribution >= 0.6 is 0 Å². The summed E-state index contributed by atoms with van der Waals surface area (Å²) in [6, 6.07) is 6.70. The summed E-state index contributed by atoms with van der Waals surface area (Å²) >= 11 is 0. The summed E-state index contributed by atoms with van der Waals surface area (Å²) in [5, 5.41) is 0. The Hall–Kier alpha value is -1.43. The monoisotopic (exact) mass is 180 g/mol. The van der Waals surface area contributed by atoms with Gasteiger partial charge in [0.15, 0.2) is 5.78 Å². The molecule has 1 aromatic carbocycles. The van der Waals surface area contributed by atoms with E-state index in [2.05, 4.69) is 5.43 Å². The maximum Gasteiger partial charge on any atom is 0.197 e. The molecule has 0 aliphatic heterocycles. The van der Waals surface area contributed by atoms with Crippen molar-refractivity contribution in [1.82, 2.24) is 5.43 Å². The summed E-state index contributed by atoms with van der Waals surface area (Å²) in [5.74, 6) is 4.70. The fraction of sp³-hybridized carbons (Fsp3) is 0.125. The van der Waals surface area contributed by atoms with Crippen LogP contribution in [0.2, 0.25) is 0 Å². The molecule has 0 heterocycles. The number of hydrogen-bond acceptors (Lipinski definition) is 5. The second-order valence-corrected chi connectivity index (χ2v) is 2.60. The van der Waals surface area contributed by atoms with Crippen LogP contribution in [-0.4, -0.2) is 11.9 Å². The summed E-state index contributed by atoms with van der Waals surface area (Å²) in [5.41, 5.74) is 13.9. The molecule has 70 valence electrons. The number of ketones is 1. The lowest BCUT2D eigenvalue weighted by Crippen LogP contribution is -2.48. The molecule has 7 N–H and O–H groups in total. The first-order valence-electron chi connectivity index (χ1n) is 3.77. The molecule has 0 bridgehead atoms. The average molecular weight is 180 g/mol. The lowest BCUT2D eigenvalue weighted by molar-refractivity contribution is 0.0947. The van der Waals surface area contributed by atoms with Crippen molar-refractivity contribution in [3.63, 3.8) is 0 Å². The van der Waals surface area contributed by atoms with E-state index in [0.29, 0.717) is 11.3 Å². The van der Waals surface area contributed by atoms with Crippen molar-refractivity contribution in [1.29, 1.82) is 0 Å². The van der Waals surface area contributed by atoms with Gasteiger partial charge in [-0.2, -0.15) is 0 Å². The van der Waals surface area contributed by atoms with Gasteiger partial charge in [0.1, 0.15) is 6.17 Å². The summed E-state index contributed by atoms with van der Waals surface area (Å²) in [7, 11) is 0. The van der Waals surface area contributed by atoms with Gasteiger partial charge in [-0.05, 0) is 12.1 Å². The molecule has 0 saturated carbocycles. The van der Waals surface area contributed by atoms with E-state index in [0.717, 1.165) is 0 Å². The molecule has 0 saturated heterocycles. The van der Waals surface area contributed by atoms with Crippen molar-refractivity contribution < 1.29 is 4.79 Å². The van der Waals surface area contributed by atoms with Crippen LogP contribution in [0, 0.1) is 0 Å². The molecule has 0 aromatic heterocycles. The Balaban J connectivity index is 2.95.